The van der Waals surface area contributed by atoms with Crippen LogP contribution < -0.4 is 0 Å². The molecule has 0 spiro atoms. The van der Waals surface area contributed by atoms with Gasteiger partial charge in [0.05, 0.1) is 0 Å². The van der Waals surface area contributed by atoms with Crippen molar-refractivity contribution in [2.75, 3.05) is 6.26 Å². The second-order valence-electron chi connectivity index (χ2n) is 1.74. The smallest absolute Gasteiger partial charge is 0.152 e. The summed E-state index contributed by atoms with van der Waals surface area (Å²) in [4.78, 5) is 15.1. The highest BCUT2D eigenvalue weighted by Gasteiger charge is 1.96. The summed E-state index contributed by atoms with van der Waals surface area (Å²) >= 11 is 1.55. The van der Waals surface area contributed by atoms with Gasteiger partial charge in [0.2, 0.25) is 0 Å². The third-order valence-corrected chi connectivity index (χ3v) is 1.97. The van der Waals surface area contributed by atoms with E-state index in [4.69, 9.17) is 0 Å². The molecule has 0 radical (unpaired) electrons. The van der Waals surface area contributed by atoms with Crippen LogP contribution in [0.3, 0.4) is 0 Å². The van der Waals surface area contributed by atoms with Gasteiger partial charge in [-0.3, -0.25) is 9.78 Å². The summed E-state index contributed by atoms with van der Waals surface area (Å²) in [6.45, 7) is 0. The summed E-state index contributed by atoms with van der Waals surface area (Å²) in [6, 6.07) is 1.83. The van der Waals surface area contributed by atoms with Crippen molar-refractivity contribution in [3.8, 4) is 0 Å². The molecule has 1 heterocycles. The van der Waals surface area contributed by atoms with Crippen LogP contribution in [0.4, 0.5) is 0 Å². The maximum absolute atomic E-state index is 10.3. The maximum atomic E-state index is 10.3. The topological polar surface area (TPSA) is 30.0 Å². The summed E-state index contributed by atoms with van der Waals surface area (Å²) in [5.41, 5.74) is 0.662. The van der Waals surface area contributed by atoms with Crippen LogP contribution in [-0.4, -0.2) is 17.5 Å². The number of rotatable bonds is 2. The van der Waals surface area contributed by atoms with E-state index in [-0.39, 0.29) is 0 Å². The van der Waals surface area contributed by atoms with Gasteiger partial charge in [0.15, 0.2) is 6.29 Å². The number of carbonyl (C=O) groups is 1. The summed E-state index contributed by atoms with van der Waals surface area (Å²) in [6.07, 6.45) is 6.00. The normalized spacial score (nSPS) is 9.30. The monoisotopic (exact) mass is 153 g/mol. The van der Waals surface area contributed by atoms with Crippen LogP contribution in [0.25, 0.3) is 0 Å². The van der Waals surface area contributed by atoms with Gasteiger partial charge in [-0.2, -0.15) is 0 Å². The molecule has 0 aromatic carbocycles. The van der Waals surface area contributed by atoms with E-state index >= 15 is 0 Å². The number of nitrogens with zero attached hydrogens (tertiary/aromatic N) is 1. The zero-order valence-corrected chi connectivity index (χ0v) is 6.39. The van der Waals surface area contributed by atoms with Crippen LogP contribution in [0.2, 0.25) is 0 Å². The summed E-state index contributed by atoms with van der Waals surface area (Å²) < 4.78 is 0. The van der Waals surface area contributed by atoms with Crippen LogP contribution in [0.1, 0.15) is 10.4 Å². The molecule has 0 bridgehead atoms. The van der Waals surface area contributed by atoms with E-state index in [9.17, 15) is 4.79 Å². The van der Waals surface area contributed by atoms with Crippen molar-refractivity contribution < 1.29 is 4.79 Å². The molecule has 0 saturated heterocycles. The summed E-state index contributed by atoms with van der Waals surface area (Å²) in [5, 5.41) is 0. The van der Waals surface area contributed by atoms with Crippen molar-refractivity contribution in [1.29, 1.82) is 0 Å². The first-order valence-electron chi connectivity index (χ1n) is 2.81. The van der Waals surface area contributed by atoms with Crippen molar-refractivity contribution in [2.24, 2.45) is 0 Å². The van der Waals surface area contributed by atoms with Gasteiger partial charge < -0.3 is 0 Å². The van der Waals surface area contributed by atoms with Crippen LogP contribution >= 0.6 is 11.8 Å². The molecular formula is C7H7NOS. The lowest BCUT2D eigenvalue weighted by atomic mass is 10.3. The average Bonchev–Trinajstić information content (AvgIpc) is 2.04. The quantitative estimate of drug-likeness (QED) is 0.477. The Morgan fingerprint density at radius 3 is 3.00 bits per heavy atom. The first kappa shape index (κ1) is 7.28. The molecule has 0 atom stereocenters. The molecule has 0 aliphatic rings. The van der Waals surface area contributed by atoms with E-state index in [1.807, 2.05) is 12.3 Å². The minimum Gasteiger partial charge on any atom is -0.298 e. The fourth-order valence-corrected chi connectivity index (χ4v) is 1.20. The minimum atomic E-state index is 0.662. The Labute approximate surface area is 63.7 Å². The Balaban J connectivity index is 3.08. The van der Waals surface area contributed by atoms with Crippen molar-refractivity contribution in [3.63, 3.8) is 0 Å². The van der Waals surface area contributed by atoms with Crippen LogP contribution in [0.5, 0.6) is 0 Å². The van der Waals surface area contributed by atoms with E-state index in [2.05, 4.69) is 4.98 Å². The summed E-state index contributed by atoms with van der Waals surface area (Å²) in [7, 11) is 0. The van der Waals surface area contributed by atoms with E-state index in [1.54, 1.807) is 24.2 Å². The predicted octanol–water partition coefficient (Wildman–Crippen LogP) is 1.62. The third kappa shape index (κ3) is 1.36. The zero-order chi connectivity index (χ0) is 7.40. The Morgan fingerprint density at radius 1 is 1.70 bits per heavy atom. The lowest BCUT2D eigenvalue weighted by Gasteiger charge is -1.96. The predicted molar refractivity (Wildman–Crippen MR) is 41.4 cm³/mol. The van der Waals surface area contributed by atoms with Gasteiger partial charge in [-0.25, -0.2) is 0 Å². The van der Waals surface area contributed by atoms with Crippen LogP contribution in [0, 0.1) is 0 Å². The highest BCUT2D eigenvalue weighted by Crippen LogP contribution is 2.16. The van der Waals surface area contributed by atoms with Gasteiger partial charge in [-0.05, 0) is 12.3 Å². The highest BCUT2D eigenvalue weighted by molar-refractivity contribution is 7.98. The van der Waals surface area contributed by atoms with E-state index in [0.717, 1.165) is 11.2 Å². The second kappa shape index (κ2) is 3.37. The number of thioether (sulfide) groups is 1. The number of hydrogen-bond donors (Lipinski definition) is 0. The standard InChI is InChI=1S/C7H7NOS/c1-10-7-2-3-8-4-6(7)5-9/h2-5H,1H3. The molecule has 1 aromatic rings. The molecule has 0 amide bonds. The number of aldehydes is 1. The lowest BCUT2D eigenvalue weighted by molar-refractivity contribution is 0.112. The first-order valence-corrected chi connectivity index (χ1v) is 4.04. The van der Waals surface area contributed by atoms with Gasteiger partial charge in [-0.1, -0.05) is 0 Å². The van der Waals surface area contributed by atoms with Gasteiger partial charge in [0.1, 0.15) is 0 Å². The third-order valence-electron chi connectivity index (χ3n) is 1.16. The van der Waals surface area contributed by atoms with Gasteiger partial charge in [0.25, 0.3) is 0 Å². The molecule has 0 aliphatic carbocycles. The Bertz CT molecular complexity index is 237. The fraction of sp³-hybridized carbons (Fsp3) is 0.143. The van der Waals surface area contributed by atoms with Crippen LogP contribution in [-0.2, 0) is 0 Å². The fourth-order valence-electron chi connectivity index (χ4n) is 0.668. The molecule has 1 aromatic heterocycles. The van der Waals surface area contributed by atoms with Gasteiger partial charge in [-0.15, -0.1) is 11.8 Å². The molecular weight excluding hydrogens is 146 g/mol. The molecule has 2 nitrogen and oxygen atoms in total. The van der Waals surface area contributed by atoms with E-state index < -0.39 is 0 Å². The number of carbonyl (C=O) groups excluding carboxylic acids is 1. The van der Waals surface area contributed by atoms with Crippen molar-refractivity contribution in [2.45, 2.75) is 4.90 Å². The largest absolute Gasteiger partial charge is 0.298 e. The Hall–Kier alpha value is -0.830. The van der Waals surface area contributed by atoms with Crippen molar-refractivity contribution >= 4 is 18.0 Å². The molecule has 52 valence electrons. The lowest BCUT2D eigenvalue weighted by Crippen LogP contribution is -1.84. The average molecular weight is 153 g/mol. The van der Waals surface area contributed by atoms with E-state index in [1.165, 1.54) is 0 Å². The molecule has 10 heavy (non-hydrogen) atoms. The molecule has 0 N–H and O–H groups in total. The molecule has 0 aliphatic heterocycles. The number of aromatic nitrogens is 1. The second-order valence-corrected chi connectivity index (χ2v) is 2.58. The molecule has 0 saturated carbocycles. The molecule has 3 heteroatoms. The molecule has 0 unspecified atom stereocenters. The van der Waals surface area contributed by atoms with Crippen molar-refractivity contribution in [3.05, 3.63) is 24.0 Å². The molecule has 1 rings (SSSR count). The Kier molecular flexibility index (Phi) is 2.45. The zero-order valence-electron chi connectivity index (χ0n) is 5.57. The highest BCUT2D eigenvalue weighted by atomic mass is 32.2. The molecule has 0 fully saturated rings. The van der Waals surface area contributed by atoms with Crippen molar-refractivity contribution in [1.82, 2.24) is 4.98 Å². The van der Waals surface area contributed by atoms with Gasteiger partial charge in [0, 0.05) is 22.9 Å². The SMILES string of the molecule is CSc1ccncc1C=O. The van der Waals surface area contributed by atoms with Crippen LogP contribution in [0.15, 0.2) is 23.4 Å². The minimum absolute atomic E-state index is 0.662. The maximum Gasteiger partial charge on any atom is 0.152 e. The number of pyridine rings is 1. The number of hydrogen-bond acceptors (Lipinski definition) is 3. The summed E-state index contributed by atoms with van der Waals surface area (Å²) in [5.74, 6) is 0. The first-order chi connectivity index (χ1) is 4.88. The van der Waals surface area contributed by atoms with E-state index in [0.29, 0.717) is 5.56 Å². The Morgan fingerprint density at radius 2 is 2.50 bits per heavy atom. The van der Waals surface area contributed by atoms with Gasteiger partial charge >= 0.3 is 0 Å².